The van der Waals surface area contributed by atoms with Crippen LogP contribution in [-0.2, 0) is 23.9 Å². The number of aliphatic hydroxyl groups is 1. The van der Waals surface area contributed by atoms with Gasteiger partial charge < -0.3 is 14.4 Å². The van der Waals surface area contributed by atoms with Gasteiger partial charge in [-0.3, -0.25) is 4.98 Å². The van der Waals surface area contributed by atoms with Gasteiger partial charge in [0.25, 0.3) is 0 Å². The molecule has 0 radical (unpaired) electrons. The lowest BCUT2D eigenvalue weighted by molar-refractivity contribution is 0.0627. The molecular weight excluding hydrogens is 543 g/mol. The van der Waals surface area contributed by atoms with Gasteiger partial charge in [-0.1, -0.05) is 34.6 Å². The molecule has 1 N–H and O–H groups in total. The van der Waals surface area contributed by atoms with Gasteiger partial charge in [0.15, 0.2) is 8.32 Å². The Labute approximate surface area is 242 Å². The molecule has 4 rings (SSSR count). The van der Waals surface area contributed by atoms with Crippen LogP contribution in [-0.4, -0.2) is 42.6 Å². The number of pyridine rings is 2. The first-order valence-electron chi connectivity index (χ1n) is 14.3. The smallest absolute Gasteiger partial charge is 0.192 e. The zero-order valence-corrected chi connectivity index (χ0v) is 26.1. The summed E-state index contributed by atoms with van der Waals surface area (Å²) in [5.74, 6) is -2.04. The van der Waals surface area contributed by atoms with Crippen LogP contribution in [0.2, 0.25) is 18.1 Å². The molecule has 9 heteroatoms. The number of piperidine rings is 1. The summed E-state index contributed by atoms with van der Waals surface area (Å²) < 4.78 is 50.9. The van der Waals surface area contributed by atoms with Crippen LogP contribution in [0.4, 0.5) is 18.9 Å². The number of aliphatic hydroxyl groups excluding tert-OH is 1. The highest BCUT2D eigenvalue weighted by Crippen LogP contribution is 2.41. The molecule has 5 nitrogen and oxygen atoms in total. The van der Waals surface area contributed by atoms with Gasteiger partial charge in [-0.25, -0.2) is 18.2 Å². The van der Waals surface area contributed by atoms with E-state index in [4.69, 9.17) is 4.43 Å². The molecule has 1 fully saturated rings. The number of nitrogens with zero attached hydrogens (tertiary/aromatic N) is 3. The van der Waals surface area contributed by atoms with Crippen molar-refractivity contribution in [3.63, 3.8) is 0 Å². The minimum Gasteiger partial charge on any atom is -0.413 e. The van der Waals surface area contributed by atoms with Gasteiger partial charge in [-0.15, -0.1) is 0 Å². The van der Waals surface area contributed by atoms with E-state index in [1.54, 1.807) is 12.3 Å². The third-order valence-electron chi connectivity index (χ3n) is 8.67. The quantitative estimate of drug-likeness (QED) is 0.281. The Morgan fingerprint density at radius 3 is 2.20 bits per heavy atom. The fourth-order valence-corrected chi connectivity index (χ4v) is 6.91. The van der Waals surface area contributed by atoms with E-state index in [9.17, 15) is 18.3 Å². The normalized spacial score (nSPS) is 20.0. The monoisotopic (exact) mass is 585 g/mol. The molecule has 0 aliphatic carbocycles. The van der Waals surface area contributed by atoms with E-state index < -0.39 is 37.9 Å². The Bertz CT molecular complexity index is 1340. The van der Waals surface area contributed by atoms with Crippen LogP contribution in [0.25, 0.3) is 11.3 Å². The van der Waals surface area contributed by atoms with E-state index in [2.05, 4.69) is 62.6 Å². The Balaban J connectivity index is 1.52. The van der Waals surface area contributed by atoms with Crippen LogP contribution in [0.5, 0.6) is 0 Å². The van der Waals surface area contributed by atoms with E-state index >= 15 is 0 Å². The van der Waals surface area contributed by atoms with Crippen molar-refractivity contribution in [3.8, 4) is 11.3 Å². The maximum Gasteiger partial charge on any atom is 0.192 e. The summed E-state index contributed by atoms with van der Waals surface area (Å²) in [5.41, 5.74) is 1.82. The van der Waals surface area contributed by atoms with Crippen molar-refractivity contribution < 1.29 is 22.7 Å². The number of hydrogen-bond donors (Lipinski definition) is 1. The summed E-state index contributed by atoms with van der Waals surface area (Å²) >= 11 is 0. The third-order valence-corrected chi connectivity index (χ3v) is 13.1. The number of benzene rings is 1. The van der Waals surface area contributed by atoms with Gasteiger partial charge in [0.2, 0.25) is 0 Å². The Hall–Kier alpha value is -2.75. The second-order valence-corrected chi connectivity index (χ2v) is 17.7. The van der Waals surface area contributed by atoms with Crippen molar-refractivity contribution in [1.82, 2.24) is 9.97 Å². The average molecular weight is 586 g/mol. The lowest BCUT2D eigenvalue weighted by Crippen LogP contribution is -2.54. The molecule has 3 heterocycles. The summed E-state index contributed by atoms with van der Waals surface area (Å²) in [6.07, 6.45) is 4.87. The highest BCUT2D eigenvalue weighted by atomic mass is 28.4. The summed E-state index contributed by atoms with van der Waals surface area (Å²) in [4.78, 5) is 11.1. The Kier molecular flexibility index (Phi) is 9.31. The molecule has 1 aliphatic heterocycles. The standard InChI is InChI=1S/C32H42F3N3O2Si/c1-20-17-38(18-21(2)31(20)40-41(6,7)32(3,4)5)28-12-13-36-16-23(28)8-9-24-10-11-25(33)30(37-24)29-26(34)14-22(19-39)15-27(29)35/h10-16,20-21,31,39H,8-9,17-19H2,1-7H3/t20-,21+,31?. The molecule has 3 atom stereocenters. The van der Waals surface area contributed by atoms with Crippen LogP contribution in [0, 0.1) is 29.3 Å². The first-order chi connectivity index (χ1) is 19.2. The lowest BCUT2D eigenvalue weighted by Gasteiger charge is -2.48. The average Bonchev–Trinajstić information content (AvgIpc) is 2.90. The van der Waals surface area contributed by atoms with Gasteiger partial charge in [-0.2, -0.15) is 0 Å². The van der Waals surface area contributed by atoms with Crippen molar-refractivity contribution in [3.05, 3.63) is 77.0 Å². The molecule has 222 valence electrons. The van der Waals surface area contributed by atoms with E-state index in [-0.39, 0.29) is 22.4 Å². The molecule has 1 saturated heterocycles. The SMILES string of the molecule is C[C@@H]1CN(c2ccncc2CCc2ccc(F)c(-c3c(F)cc(CO)cc3F)n2)C[C@H](C)C1O[Si](C)(C)C(C)(C)C. The number of hydrogen-bond acceptors (Lipinski definition) is 5. The predicted molar refractivity (Wildman–Crippen MR) is 160 cm³/mol. The minimum absolute atomic E-state index is 0.0728. The summed E-state index contributed by atoms with van der Waals surface area (Å²) in [6.45, 7) is 17.2. The van der Waals surface area contributed by atoms with E-state index in [1.807, 2.05) is 12.3 Å². The van der Waals surface area contributed by atoms with Crippen LogP contribution in [0.3, 0.4) is 0 Å². The van der Waals surface area contributed by atoms with Gasteiger partial charge in [-0.05, 0) is 84.3 Å². The zero-order valence-electron chi connectivity index (χ0n) is 25.1. The van der Waals surface area contributed by atoms with Crippen LogP contribution in [0.1, 0.15) is 51.4 Å². The van der Waals surface area contributed by atoms with Crippen molar-refractivity contribution in [2.45, 2.75) is 78.3 Å². The first kappa shape index (κ1) is 31.2. The molecule has 0 spiro atoms. The topological polar surface area (TPSA) is 58.5 Å². The zero-order chi connectivity index (χ0) is 30.1. The highest BCUT2D eigenvalue weighted by molar-refractivity contribution is 6.74. The Morgan fingerprint density at radius 2 is 1.61 bits per heavy atom. The molecule has 3 aromatic rings. The van der Waals surface area contributed by atoms with Crippen LogP contribution in [0.15, 0.2) is 42.7 Å². The minimum atomic E-state index is -1.90. The Morgan fingerprint density at radius 1 is 0.976 bits per heavy atom. The number of halogens is 3. The maximum atomic E-state index is 14.7. The predicted octanol–water partition coefficient (Wildman–Crippen LogP) is 7.32. The van der Waals surface area contributed by atoms with E-state index in [0.29, 0.717) is 30.4 Å². The van der Waals surface area contributed by atoms with Crippen molar-refractivity contribution in [2.75, 3.05) is 18.0 Å². The number of anilines is 1. The molecule has 0 bridgehead atoms. The molecule has 0 amide bonds. The fourth-order valence-electron chi connectivity index (χ4n) is 5.41. The molecule has 1 aliphatic rings. The highest BCUT2D eigenvalue weighted by Gasteiger charge is 2.43. The third kappa shape index (κ3) is 6.84. The number of aromatic nitrogens is 2. The van der Waals surface area contributed by atoms with Crippen LogP contribution >= 0.6 is 0 Å². The summed E-state index contributed by atoms with van der Waals surface area (Å²) in [6, 6.07) is 6.76. The van der Waals surface area contributed by atoms with Gasteiger partial charge >= 0.3 is 0 Å². The first-order valence-corrected chi connectivity index (χ1v) is 17.2. The van der Waals surface area contributed by atoms with Gasteiger partial charge in [0, 0.05) is 36.9 Å². The fraction of sp³-hybridized carbons (Fsp3) is 0.500. The molecule has 2 aromatic heterocycles. The summed E-state index contributed by atoms with van der Waals surface area (Å²) in [5, 5.41) is 9.37. The van der Waals surface area contributed by atoms with Crippen molar-refractivity contribution in [1.29, 1.82) is 0 Å². The van der Waals surface area contributed by atoms with Crippen molar-refractivity contribution in [2.24, 2.45) is 11.8 Å². The molecule has 1 unspecified atom stereocenters. The molecule has 41 heavy (non-hydrogen) atoms. The van der Waals surface area contributed by atoms with Gasteiger partial charge in [0.05, 0.1) is 18.3 Å². The van der Waals surface area contributed by atoms with E-state index in [1.165, 1.54) is 6.07 Å². The second kappa shape index (κ2) is 12.2. The lowest BCUT2D eigenvalue weighted by atomic mass is 9.87. The summed E-state index contributed by atoms with van der Waals surface area (Å²) in [7, 11) is -1.90. The van der Waals surface area contributed by atoms with Gasteiger partial charge in [0.1, 0.15) is 23.1 Å². The maximum absolute atomic E-state index is 14.7. The number of aryl methyl sites for hydroxylation is 2. The molecule has 0 saturated carbocycles. The number of rotatable bonds is 8. The molecule has 1 aromatic carbocycles. The second-order valence-electron chi connectivity index (χ2n) is 12.9. The largest absolute Gasteiger partial charge is 0.413 e. The van der Waals surface area contributed by atoms with E-state index in [0.717, 1.165) is 36.5 Å². The van der Waals surface area contributed by atoms with Crippen LogP contribution < -0.4 is 4.90 Å². The van der Waals surface area contributed by atoms with Crippen molar-refractivity contribution >= 4 is 14.0 Å². The molecular formula is C32H42F3N3O2Si.